The van der Waals surface area contributed by atoms with E-state index in [0.717, 1.165) is 24.5 Å². The number of aromatic nitrogens is 1. The normalized spacial score (nSPS) is 16.2. The lowest BCUT2D eigenvalue weighted by molar-refractivity contribution is 0.288. The van der Waals surface area contributed by atoms with Gasteiger partial charge in [0, 0.05) is 39.8 Å². The SMILES string of the molecule is Fc1ccccc1[C@H]1c2cccn2CCN1C(=S)Nc1ccc(I)cc1. The highest BCUT2D eigenvalue weighted by atomic mass is 127. The largest absolute Gasteiger partial charge is 0.348 e. The molecule has 4 rings (SSSR count). The van der Waals surface area contributed by atoms with E-state index in [9.17, 15) is 4.39 Å². The lowest BCUT2D eigenvalue weighted by atomic mass is 10.00. The summed E-state index contributed by atoms with van der Waals surface area (Å²) in [4.78, 5) is 2.07. The molecule has 0 bridgehead atoms. The van der Waals surface area contributed by atoms with Crippen molar-refractivity contribution in [2.75, 3.05) is 11.9 Å². The van der Waals surface area contributed by atoms with Gasteiger partial charge in [0.2, 0.25) is 0 Å². The number of thiocarbonyl (C=S) groups is 1. The third-order valence-electron chi connectivity index (χ3n) is 4.59. The van der Waals surface area contributed by atoms with E-state index in [0.29, 0.717) is 10.7 Å². The first-order valence-corrected chi connectivity index (χ1v) is 9.85. The van der Waals surface area contributed by atoms with Crippen molar-refractivity contribution in [1.29, 1.82) is 0 Å². The number of halogens is 2. The summed E-state index contributed by atoms with van der Waals surface area (Å²) in [6, 6.07) is 18.8. The zero-order chi connectivity index (χ0) is 18.1. The number of rotatable bonds is 2. The Bertz CT molecular complexity index is 938. The van der Waals surface area contributed by atoms with E-state index in [-0.39, 0.29) is 11.9 Å². The topological polar surface area (TPSA) is 20.2 Å². The highest BCUT2D eigenvalue weighted by Crippen LogP contribution is 2.34. The summed E-state index contributed by atoms with van der Waals surface area (Å²) in [5.41, 5.74) is 2.62. The van der Waals surface area contributed by atoms with Crippen LogP contribution in [0.15, 0.2) is 66.9 Å². The molecule has 0 saturated carbocycles. The van der Waals surface area contributed by atoms with Crippen LogP contribution in [0.4, 0.5) is 10.1 Å². The summed E-state index contributed by atoms with van der Waals surface area (Å²) < 4.78 is 17.9. The first-order chi connectivity index (χ1) is 12.6. The van der Waals surface area contributed by atoms with Gasteiger partial charge in [0.15, 0.2) is 5.11 Å². The van der Waals surface area contributed by atoms with Crippen molar-refractivity contribution in [3.8, 4) is 0 Å². The molecular weight excluding hydrogens is 460 g/mol. The minimum absolute atomic E-state index is 0.214. The Morgan fingerprint density at radius 3 is 2.58 bits per heavy atom. The van der Waals surface area contributed by atoms with Gasteiger partial charge in [0.1, 0.15) is 5.82 Å². The number of nitrogens with one attached hydrogen (secondary N) is 1. The number of hydrogen-bond donors (Lipinski definition) is 1. The lowest BCUT2D eigenvalue weighted by Gasteiger charge is -2.39. The summed E-state index contributed by atoms with van der Waals surface area (Å²) in [5, 5.41) is 3.91. The van der Waals surface area contributed by atoms with Crippen LogP contribution in [-0.4, -0.2) is 21.1 Å². The number of nitrogens with zero attached hydrogens (tertiary/aromatic N) is 2. The zero-order valence-electron chi connectivity index (χ0n) is 13.9. The monoisotopic (exact) mass is 477 g/mol. The molecule has 0 fully saturated rings. The van der Waals surface area contributed by atoms with Crippen LogP contribution in [0.25, 0.3) is 0 Å². The summed E-state index contributed by atoms with van der Waals surface area (Å²) >= 11 is 7.97. The van der Waals surface area contributed by atoms with Gasteiger partial charge in [-0.15, -0.1) is 0 Å². The summed E-state index contributed by atoms with van der Waals surface area (Å²) in [5.74, 6) is -0.214. The van der Waals surface area contributed by atoms with E-state index in [1.165, 1.54) is 9.64 Å². The first-order valence-electron chi connectivity index (χ1n) is 8.36. The second kappa shape index (κ2) is 7.36. The van der Waals surface area contributed by atoms with E-state index in [2.05, 4.69) is 37.4 Å². The molecule has 0 aliphatic carbocycles. The van der Waals surface area contributed by atoms with Crippen LogP contribution in [0.2, 0.25) is 0 Å². The van der Waals surface area contributed by atoms with Gasteiger partial charge in [-0.05, 0) is 77.3 Å². The van der Waals surface area contributed by atoms with E-state index in [1.807, 2.05) is 54.7 Å². The summed E-state index contributed by atoms with van der Waals surface area (Å²) in [6.07, 6.45) is 2.04. The second-order valence-corrected chi connectivity index (χ2v) is 7.81. The van der Waals surface area contributed by atoms with Crippen LogP contribution in [0.5, 0.6) is 0 Å². The maximum absolute atomic E-state index is 14.6. The fourth-order valence-corrected chi connectivity index (χ4v) is 4.03. The van der Waals surface area contributed by atoms with Gasteiger partial charge < -0.3 is 14.8 Å². The standard InChI is InChI=1S/C20H17FIN3S/c21-17-5-2-1-4-16(17)19-18-6-3-11-24(18)12-13-25(19)20(26)23-15-9-7-14(22)8-10-15/h1-11,19H,12-13H2,(H,23,26)/t19-/m0/s1. The molecule has 1 atom stereocenters. The number of benzene rings is 2. The van der Waals surface area contributed by atoms with Crippen molar-refractivity contribution in [2.45, 2.75) is 12.6 Å². The van der Waals surface area contributed by atoms with Crippen molar-refractivity contribution in [3.63, 3.8) is 0 Å². The Balaban J connectivity index is 1.69. The Labute approximate surface area is 171 Å². The number of hydrogen-bond acceptors (Lipinski definition) is 1. The number of fused-ring (bicyclic) bond motifs is 1. The predicted molar refractivity (Wildman–Crippen MR) is 115 cm³/mol. The van der Waals surface area contributed by atoms with Crippen LogP contribution >= 0.6 is 34.8 Å². The Hall–Kier alpha value is -1.93. The van der Waals surface area contributed by atoms with Gasteiger partial charge in [0.05, 0.1) is 6.04 Å². The van der Waals surface area contributed by atoms with Gasteiger partial charge in [-0.25, -0.2) is 4.39 Å². The molecule has 1 aromatic heterocycles. The van der Waals surface area contributed by atoms with Crippen molar-refractivity contribution in [2.24, 2.45) is 0 Å². The van der Waals surface area contributed by atoms with Crippen molar-refractivity contribution in [1.82, 2.24) is 9.47 Å². The maximum Gasteiger partial charge on any atom is 0.174 e. The summed E-state index contributed by atoms with van der Waals surface area (Å²) in [6.45, 7) is 1.54. The maximum atomic E-state index is 14.6. The molecule has 0 amide bonds. The van der Waals surface area contributed by atoms with Crippen LogP contribution in [0, 0.1) is 9.39 Å². The third kappa shape index (κ3) is 3.35. The predicted octanol–water partition coefficient (Wildman–Crippen LogP) is 5.03. The van der Waals surface area contributed by atoms with Crippen LogP contribution in [0.3, 0.4) is 0 Å². The fourth-order valence-electron chi connectivity index (χ4n) is 3.35. The minimum Gasteiger partial charge on any atom is -0.348 e. The quantitative estimate of drug-likeness (QED) is 0.413. The second-order valence-electron chi connectivity index (χ2n) is 6.18. The molecular formula is C20H17FIN3S. The van der Waals surface area contributed by atoms with E-state index >= 15 is 0 Å². The van der Waals surface area contributed by atoms with Crippen molar-refractivity contribution in [3.05, 3.63) is 87.5 Å². The molecule has 132 valence electrons. The van der Waals surface area contributed by atoms with Gasteiger partial charge in [0.25, 0.3) is 0 Å². The third-order valence-corrected chi connectivity index (χ3v) is 5.65. The molecule has 0 saturated heterocycles. The fraction of sp³-hybridized carbons (Fsp3) is 0.150. The Morgan fingerprint density at radius 1 is 1.04 bits per heavy atom. The average Bonchev–Trinajstić information content (AvgIpc) is 3.12. The first kappa shape index (κ1) is 17.5. The van der Waals surface area contributed by atoms with Crippen molar-refractivity contribution < 1.29 is 4.39 Å². The molecule has 1 aliphatic heterocycles. The molecule has 0 spiro atoms. The Kier molecular flexibility index (Phi) is 4.95. The molecule has 26 heavy (non-hydrogen) atoms. The highest BCUT2D eigenvalue weighted by Gasteiger charge is 2.32. The van der Waals surface area contributed by atoms with E-state index in [4.69, 9.17) is 12.2 Å². The van der Waals surface area contributed by atoms with Gasteiger partial charge in [-0.3, -0.25) is 0 Å². The molecule has 6 heteroatoms. The smallest absolute Gasteiger partial charge is 0.174 e. The highest BCUT2D eigenvalue weighted by molar-refractivity contribution is 14.1. The van der Waals surface area contributed by atoms with Gasteiger partial charge >= 0.3 is 0 Å². The summed E-state index contributed by atoms with van der Waals surface area (Å²) in [7, 11) is 0. The van der Waals surface area contributed by atoms with Crippen LogP contribution in [0.1, 0.15) is 17.3 Å². The van der Waals surface area contributed by atoms with Crippen LogP contribution < -0.4 is 5.32 Å². The molecule has 2 heterocycles. The molecule has 3 nitrogen and oxygen atoms in total. The molecule has 1 N–H and O–H groups in total. The van der Waals surface area contributed by atoms with Gasteiger partial charge in [-0.2, -0.15) is 0 Å². The van der Waals surface area contributed by atoms with E-state index in [1.54, 1.807) is 6.07 Å². The van der Waals surface area contributed by atoms with Gasteiger partial charge in [-0.1, -0.05) is 18.2 Å². The number of anilines is 1. The van der Waals surface area contributed by atoms with Crippen LogP contribution in [-0.2, 0) is 6.54 Å². The van der Waals surface area contributed by atoms with Crippen molar-refractivity contribution >= 4 is 45.6 Å². The zero-order valence-corrected chi connectivity index (χ0v) is 16.9. The molecule has 3 aromatic rings. The minimum atomic E-state index is -0.246. The van der Waals surface area contributed by atoms with E-state index < -0.39 is 0 Å². The lowest BCUT2D eigenvalue weighted by Crippen LogP contribution is -2.44. The molecule has 0 unspecified atom stereocenters. The molecule has 1 aliphatic rings. The molecule has 2 aromatic carbocycles. The Morgan fingerprint density at radius 2 is 1.81 bits per heavy atom. The average molecular weight is 477 g/mol. The molecule has 0 radical (unpaired) electrons.